The summed E-state index contributed by atoms with van der Waals surface area (Å²) in [5.74, 6) is 0.128. The highest BCUT2D eigenvalue weighted by Gasteiger charge is 2.28. The lowest BCUT2D eigenvalue weighted by atomic mass is 9.94. The number of carbonyl (C=O) groups is 1. The Morgan fingerprint density at radius 2 is 1.89 bits per heavy atom. The molecule has 6 heteroatoms. The smallest absolute Gasteiger partial charge is 0.323 e. The first-order valence-corrected chi connectivity index (χ1v) is 5.14. The van der Waals surface area contributed by atoms with Crippen molar-refractivity contribution in [3.63, 3.8) is 0 Å². The number of halogens is 1. The Balaban J connectivity index is 0.00000289. The minimum atomic E-state index is -1.29. The Kier molecular flexibility index (Phi) is 5.94. The minimum absolute atomic E-state index is 0. The van der Waals surface area contributed by atoms with E-state index >= 15 is 0 Å². The van der Waals surface area contributed by atoms with Crippen LogP contribution in [0.25, 0.3) is 0 Å². The van der Waals surface area contributed by atoms with Crippen molar-refractivity contribution in [2.75, 3.05) is 14.2 Å². The maximum atomic E-state index is 10.9. The maximum absolute atomic E-state index is 10.9. The molecule has 0 saturated carbocycles. The average Bonchev–Trinajstić information content (AvgIpc) is 2.28. The van der Waals surface area contributed by atoms with Crippen LogP contribution in [0, 0.1) is 0 Å². The summed E-state index contributed by atoms with van der Waals surface area (Å²) in [7, 11) is 3.07. The molecule has 3 N–H and O–H groups in total. The number of methoxy groups -OCH3 is 2. The standard InChI is InChI=1S/C12H17NO4.ClH/c1-12(13,11(14)15)7-8-4-5-9(16-2)10(6-8)17-3;/h4-6H,7,13H2,1-3H3,(H,14,15);1H/p-1/t12-;/m0./s1. The largest absolute Gasteiger partial charge is 1.00 e. The van der Waals surface area contributed by atoms with Crippen LogP contribution in [-0.4, -0.2) is 30.8 Å². The third-order valence-electron chi connectivity index (χ3n) is 2.51. The third-order valence-corrected chi connectivity index (χ3v) is 2.51. The molecule has 0 aliphatic rings. The molecule has 0 amide bonds. The van der Waals surface area contributed by atoms with Gasteiger partial charge in [0.2, 0.25) is 0 Å². The normalized spacial score (nSPS) is 13.1. The van der Waals surface area contributed by atoms with Gasteiger partial charge >= 0.3 is 5.97 Å². The van der Waals surface area contributed by atoms with Crippen molar-refractivity contribution in [2.24, 2.45) is 5.73 Å². The number of ether oxygens (including phenoxy) is 2. The second kappa shape index (κ2) is 6.47. The van der Waals surface area contributed by atoms with Gasteiger partial charge in [-0.3, -0.25) is 4.79 Å². The van der Waals surface area contributed by atoms with Gasteiger partial charge in [-0.05, 0) is 24.6 Å². The van der Waals surface area contributed by atoms with Gasteiger partial charge in [0.1, 0.15) is 5.54 Å². The lowest BCUT2D eigenvalue weighted by Crippen LogP contribution is -3.00. The summed E-state index contributed by atoms with van der Waals surface area (Å²) in [6.45, 7) is 1.48. The molecule has 102 valence electrons. The highest BCUT2D eigenvalue weighted by molar-refractivity contribution is 5.78. The highest BCUT2D eigenvalue weighted by Crippen LogP contribution is 2.28. The fourth-order valence-corrected chi connectivity index (χ4v) is 1.49. The summed E-state index contributed by atoms with van der Waals surface area (Å²) < 4.78 is 10.2. The number of nitrogens with two attached hydrogens (primary N) is 1. The average molecular weight is 275 g/mol. The summed E-state index contributed by atoms with van der Waals surface area (Å²) >= 11 is 0. The first kappa shape index (κ1) is 16.5. The van der Waals surface area contributed by atoms with Gasteiger partial charge in [-0.25, -0.2) is 0 Å². The van der Waals surface area contributed by atoms with Gasteiger partial charge in [-0.15, -0.1) is 0 Å². The van der Waals surface area contributed by atoms with E-state index in [4.69, 9.17) is 20.3 Å². The highest BCUT2D eigenvalue weighted by atomic mass is 35.5. The van der Waals surface area contributed by atoms with Gasteiger partial charge in [0.25, 0.3) is 0 Å². The number of hydrogen-bond donors (Lipinski definition) is 2. The molecule has 0 aromatic heterocycles. The van der Waals surface area contributed by atoms with Gasteiger partial charge in [0.15, 0.2) is 11.5 Å². The van der Waals surface area contributed by atoms with Crippen molar-refractivity contribution >= 4 is 5.97 Å². The van der Waals surface area contributed by atoms with Crippen LogP contribution < -0.4 is 27.6 Å². The molecule has 0 unspecified atom stereocenters. The SMILES string of the molecule is COc1ccc(C[C@](C)(N)C(=O)O)cc1OC.[Cl-]. The molecule has 0 aliphatic carbocycles. The molecule has 0 saturated heterocycles. The quantitative estimate of drug-likeness (QED) is 0.652. The predicted octanol–water partition coefficient (Wildman–Crippen LogP) is -1.95. The van der Waals surface area contributed by atoms with Crippen molar-refractivity contribution < 1.29 is 31.8 Å². The van der Waals surface area contributed by atoms with E-state index < -0.39 is 11.5 Å². The second-order valence-electron chi connectivity index (χ2n) is 4.09. The Morgan fingerprint density at radius 1 is 1.33 bits per heavy atom. The second-order valence-corrected chi connectivity index (χ2v) is 4.09. The van der Waals surface area contributed by atoms with Crippen molar-refractivity contribution in [3.05, 3.63) is 23.8 Å². The van der Waals surface area contributed by atoms with E-state index in [-0.39, 0.29) is 18.8 Å². The lowest BCUT2D eigenvalue weighted by molar-refractivity contribution is -0.142. The van der Waals surface area contributed by atoms with Crippen LogP contribution in [0.1, 0.15) is 12.5 Å². The lowest BCUT2D eigenvalue weighted by Gasteiger charge is -2.19. The minimum Gasteiger partial charge on any atom is -1.00 e. The number of hydrogen-bond acceptors (Lipinski definition) is 4. The van der Waals surface area contributed by atoms with Gasteiger partial charge in [0, 0.05) is 6.42 Å². The molecule has 0 aliphatic heterocycles. The zero-order valence-corrected chi connectivity index (χ0v) is 11.3. The maximum Gasteiger partial charge on any atom is 0.323 e. The summed E-state index contributed by atoms with van der Waals surface area (Å²) in [5.41, 5.74) is 5.18. The summed E-state index contributed by atoms with van der Waals surface area (Å²) in [4.78, 5) is 10.9. The van der Waals surface area contributed by atoms with Crippen LogP contribution in [0.4, 0.5) is 0 Å². The van der Waals surface area contributed by atoms with E-state index in [9.17, 15) is 4.79 Å². The number of carboxylic acids is 1. The summed E-state index contributed by atoms with van der Waals surface area (Å²) in [5, 5.41) is 8.95. The molecule has 0 heterocycles. The van der Waals surface area contributed by atoms with Crippen molar-refractivity contribution in [3.8, 4) is 11.5 Å². The van der Waals surface area contributed by atoms with E-state index in [1.165, 1.54) is 14.0 Å². The zero-order chi connectivity index (χ0) is 13.1. The van der Waals surface area contributed by atoms with Gasteiger partial charge in [0.05, 0.1) is 14.2 Å². The Hall–Kier alpha value is -1.46. The third kappa shape index (κ3) is 3.78. The van der Waals surface area contributed by atoms with Crippen LogP contribution >= 0.6 is 0 Å². The molecule has 0 spiro atoms. The molecule has 5 nitrogen and oxygen atoms in total. The van der Waals surface area contributed by atoms with E-state index in [0.29, 0.717) is 11.5 Å². The van der Waals surface area contributed by atoms with Crippen molar-refractivity contribution in [1.29, 1.82) is 0 Å². The van der Waals surface area contributed by atoms with Crippen LogP contribution in [0.2, 0.25) is 0 Å². The van der Waals surface area contributed by atoms with Crippen LogP contribution in [-0.2, 0) is 11.2 Å². The first-order chi connectivity index (χ1) is 7.90. The molecular formula is C12H17ClNO4-. The number of benzene rings is 1. The first-order valence-electron chi connectivity index (χ1n) is 5.14. The Morgan fingerprint density at radius 3 is 2.33 bits per heavy atom. The predicted molar refractivity (Wildman–Crippen MR) is 63.5 cm³/mol. The van der Waals surface area contributed by atoms with Crippen LogP contribution in [0.5, 0.6) is 11.5 Å². The van der Waals surface area contributed by atoms with Gasteiger partial charge < -0.3 is 32.7 Å². The fraction of sp³-hybridized carbons (Fsp3) is 0.417. The molecule has 1 aromatic carbocycles. The van der Waals surface area contributed by atoms with E-state index in [0.717, 1.165) is 5.56 Å². The van der Waals surface area contributed by atoms with Crippen LogP contribution in [0.3, 0.4) is 0 Å². The molecule has 1 rings (SSSR count). The van der Waals surface area contributed by atoms with Crippen molar-refractivity contribution in [1.82, 2.24) is 0 Å². The Labute approximate surface area is 112 Å². The van der Waals surface area contributed by atoms with Gasteiger partial charge in [-0.2, -0.15) is 0 Å². The van der Waals surface area contributed by atoms with Crippen molar-refractivity contribution in [2.45, 2.75) is 18.9 Å². The fourth-order valence-electron chi connectivity index (χ4n) is 1.49. The molecular weight excluding hydrogens is 258 g/mol. The van der Waals surface area contributed by atoms with Crippen LogP contribution in [0.15, 0.2) is 18.2 Å². The number of carboxylic acid groups (broad SMARTS) is 1. The molecule has 0 fully saturated rings. The van der Waals surface area contributed by atoms with E-state index in [2.05, 4.69) is 0 Å². The molecule has 0 bridgehead atoms. The molecule has 1 aromatic rings. The number of rotatable bonds is 5. The topological polar surface area (TPSA) is 81.8 Å². The number of aliphatic carboxylic acids is 1. The molecule has 0 radical (unpaired) electrons. The molecule has 18 heavy (non-hydrogen) atoms. The molecule has 1 atom stereocenters. The Bertz CT molecular complexity index is 421. The van der Waals surface area contributed by atoms with E-state index in [1.807, 2.05) is 0 Å². The van der Waals surface area contributed by atoms with Gasteiger partial charge in [-0.1, -0.05) is 6.07 Å². The zero-order valence-electron chi connectivity index (χ0n) is 10.6. The van der Waals surface area contributed by atoms with E-state index in [1.54, 1.807) is 25.3 Å². The summed E-state index contributed by atoms with van der Waals surface area (Å²) in [6, 6.07) is 5.23. The monoisotopic (exact) mass is 274 g/mol. The summed E-state index contributed by atoms with van der Waals surface area (Å²) in [6.07, 6.45) is 0.225.